The van der Waals surface area contributed by atoms with Crippen molar-refractivity contribution in [3.8, 4) is 6.07 Å². The topological polar surface area (TPSA) is 99.7 Å². The Labute approximate surface area is 173 Å². The molecule has 0 saturated carbocycles. The molecule has 0 aliphatic carbocycles. The summed E-state index contributed by atoms with van der Waals surface area (Å²) in [5, 5.41) is 20.9. The Kier molecular flexibility index (Phi) is 6.32. The van der Waals surface area contributed by atoms with Gasteiger partial charge in [0.1, 0.15) is 12.1 Å². The molecular formula is C20H19ClN4O4. The fourth-order valence-electron chi connectivity index (χ4n) is 3.48. The van der Waals surface area contributed by atoms with Crippen LogP contribution in [0.1, 0.15) is 17.2 Å². The smallest absolute Gasteiger partial charge is 0.327 e. The first-order valence-electron chi connectivity index (χ1n) is 8.95. The third-order valence-electron chi connectivity index (χ3n) is 4.94. The molecule has 1 atom stereocenters. The minimum atomic E-state index is -0.549. The van der Waals surface area contributed by atoms with Crippen LogP contribution in [0.5, 0.6) is 0 Å². The van der Waals surface area contributed by atoms with Crippen molar-refractivity contribution < 1.29 is 14.5 Å². The van der Waals surface area contributed by atoms with Gasteiger partial charge in [-0.1, -0.05) is 23.7 Å². The number of carbonyl (C=O) groups is 1. The number of nitrogens with zero attached hydrogens (tertiary/aromatic N) is 4. The van der Waals surface area contributed by atoms with Gasteiger partial charge in [-0.15, -0.1) is 0 Å². The molecular weight excluding hydrogens is 396 g/mol. The fourth-order valence-corrected chi connectivity index (χ4v) is 3.60. The Bertz CT molecular complexity index is 950. The number of halogens is 1. The highest BCUT2D eigenvalue weighted by Gasteiger charge is 2.32. The third kappa shape index (κ3) is 4.47. The number of benzene rings is 2. The van der Waals surface area contributed by atoms with Crippen LogP contribution in [0.25, 0.3) is 0 Å². The van der Waals surface area contributed by atoms with Crippen LogP contribution in [-0.2, 0) is 9.53 Å². The molecule has 9 heteroatoms. The number of hydrogen-bond acceptors (Lipinski definition) is 7. The Balaban J connectivity index is 1.78. The van der Waals surface area contributed by atoms with Gasteiger partial charge in [0.25, 0.3) is 5.69 Å². The van der Waals surface area contributed by atoms with Gasteiger partial charge in [-0.05, 0) is 23.8 Å². The Morgan fingerprint density at radius 1 is 1.21 bits per heavy atom. The first-order valence-corrected chi connectivity index (χ1v) is 9.33. The van der Waals surface area contributed by atoms with Crippen LogP contribution in [0.3, 0.4) is 0 Å². The largest absolute Gasteiger partial charge is 0.468 e. The van der Waals surface area contributed by atoms with Crippen LogP contribution in [0.4, 0.5) is 11.4 Å². The van der Waals surface area contributed by atoms with E-state index in [1.807, 2.05) is 15.9 Å². The van der Waals surface area contributed by atoms with E-state index in [1.165, 1.54) is 19.2 Å². The van der Waals surface area contributed by atoms with Crippen LogP contribution in [0.15, 0.2) is 42.5 Å². The van der Waals surface area contributed by atoms with Crippen molar-refractivity contribution in [2.75, 3.05) is 38.2 Å². The van der Waals surface area contributed by atoms with Gasteiger partial charge in [0, 0.05) is 43.3 Å². The first-order chi connectivity index (χ1) is 13.9. The van der Waals surface area contributed by atoms with E-state index in [2.05, 4.69) is 0 Å². The molecule has 1 fully saturated rings. The number of nitro benzene ring substituents is 1. The predicted molar refractivity (Wildman–Crippen MR) is 108 cm³/mol. The summed E-state index contributed by atoms with van der Waals surface area (Å²) in [6.07, 6.45) is 0. The minimum absolute atomic E-state index is 0.113. The predicted octanol–water partition coefficient (Wildman–Crippen LogP) is 3.16. The van der Waals surface area contributed by atoms with Crippen LogP contribution in [0, 0.1) is 21.4 Å². The number of hydrogen-bond donors (Lipinski definition) is 0. The number of methoxy groups -OCH3 is 1. The highest BCUT2D eigenvalue weighted by Crippen LogP contribution is 2.29. The second-order valence-electron chi connectivity index (χ2n) is 6.57. The summed E-state index contributed by atoms with van der Waals surface area (Å²) < 4.78 is 5.00. The molecule has 0 spiro atoms. The third-order valence-corrected chi connectivity index (χ3v) is 5.19. The molecule has 0 radical (unpaired) electrons. The van der Waals surface area contributed by atoms with Gasteiger partial charge < -0.3 is 9.64 Å². The van der Waals surface area contributed by atoms with Crippen molar-refractivity contribution in [1.29, 1.82) is 5.26 Å². The molecule has 0 amide bonds. The lowest BCUT2D eigenvalue weighted by atomic mass is 10.0. The lowest BCUT2D eigenvalue weighted by Crippen LogP contribution is -2.49. The molecule has 1 heterocycles. The quantitative estimate of drug-likeness (QED) is 0.421. The van der Waals surface area contributed by atoms with Crippen molar-refractivity contribution in [2.24, 2.45) is 0 Å². The van der Waals surface area contributed by atoms with Crippen LogP contribution < -0.4 is 4.90 Å². The summed E-state index contributed by atoms with van der Waals surface area (Å²) in [4.78, 5) is 26.9. The van der Waals surface area contributed by atoms with Gasteiger partial charge in [-0.3, -0.25) is 15.0 Å². The number of carbonyl (C=O) groups excluding carboxylic acids is 1. The van der Waals surface area contributed by atoms with Crippen molar-refractivity contribution in [3.63, 3.8) is 0 Å². The second-order valence-corrected chi connectivity index (χ2v) is 7.01. The summed E-state index contributed by atoms with van der Waals surface area (Å²) in [5.41, 5.74) is 1.59. The number of anilines is 1. The van der Waals surface area contributed by atoms with Gasteiger partial charge in [-0.2, -0.15) is 5.26 Å². The maximum Gasteiger partial charge on any atom is 0.327 e. The molecule has 2 aromatic carbocycles. The SMILES string of the molecule is COC(=O)[C@H](c1ccc(Cl)cc1)N1CCN(c2ccc([N+](=O)[O-])cc2C#N)CC1. The summed E-state index contributed by atoms with van der Waals surface area (Å²) in [7, 11) is 1.36. The zero-order chi connectivity index (χ0) is 21.0. The number of nitriles is 1. The molecule has 1 aliphatic rings. The van der Waals surface area contributed by atoms with Crippen molar-refractivity contribution in [3.05, 3.63) is 68.7 Å². The molecule has 0 N–H and O–H groups in total. The highest BCUT2D eigenvalue weighted by molar-refractivity contribution is 6.30. The zero-order valence-electron chi connectivity index (χ0n) is 15.7. The fraction of sp³-hybridized carbons (Fsp3) is 0.300. The number of esters is 1. The molecule has 0 unspecified atom stereocenters. The number of ether oxygens (including phenoxy) is 1. The van der Waals surface area contributed by atoms with Crippen molar-refractivity contribution in [1.82, 2.24) is 4.90 Å². The molecule has 0 bridgehead atoms. The standard InChI is InChI=1S/C20H19ClN4O4/c1-29-20(26)19(14-2-4-16(21)5-3-14)24-10-8-23(9-11-24)18-7-6-17(25(27)28)12-15(18)13-22/h2-7,12,19H,8-11H2,1H3/t19-/m0/s1. The molecule has 3 rings (SSSR count). The van der Waals surface area contributed by atoms with E-state index in [0.29, 0.717) is 36.9 Å². The first kappa shape index (κ1) is 20.6. The molecule has 150 valence electrons. The Morgan fingerprint density at radius 2 is 1.86 bits per heavy atom. The second kappa shape index (κ2) is 8.90. The van der Waals surface area contributed by atoms with Crippen LogP contribution in [0.2, 0.25) is 5.02 Å². The molecule has 29 heavy (non-hydrogen) atoms. The zero-order valence-corrected chi connectivity index (χ0v) is 16.5. The van der Waals surface area contributed by atoms with E-state index in [4.69, 9.17) is 16.3 Å². The number of non-ortho nitro benzene ring substituents is 1. The molecule has 2 aromatic rings. The molecule has 8 nitrogen and oxygen atoms in total. The molecule has 1 saturated heterocycles. The summed E-state index contributed by atoms with van der Waals surface area (Å²) in [6, 6.07) is 12.8. The molecule has 1 aliphatic heterocycles. The lowest BCUT2D eigenvalue weighted by molar-refractivity contribution is -0.384. The van der Waals surface area contributed by atoms with E-state index >= 15 is 0 Å². The van der Waals surface area contributed by atoms with Gasteiger partial charge in [0.15, 0.2) is 0 Å². The van der Waals surface area contributed by atoms with Gasteiger partial charge in [-0.25, -0.2) is 4.79 Å². The Hall–Kier alpha value is -3.15. The van der Waals surface area contributed by atoms with Crippen molar-refractivity contribution in [2.45, 2.75) is 6.04 Å². The van der Waals surface area contributed by atoms with E-state index in [0.717, 1.165) is 5.56 Å². The molecule has 0 aromatic heterocycles. The van der Waals surface area contributed by atoms with Gasteiger partial charge in [0.2, 0.25) is 0 Å². The van der Waals surface area contributed by atoms with E-state index in [9.17, 15) is 20.2 Å². The van der Waals surface area contributed by atoms with E-state index in [-0.39, 0.29) is 17.2 Å². The van der Waals surface area contributed by atoms with E-state index < -0.39 is 11.0 Å². The minimum Gasteiger partial charge on any atom is -0.468 e. The van der Waals surface area contributed by atoms with Gasteiger partial charge >= 0.3 is 5.97 Å². The highest BCUT2D eigenvalue weighted by atomic mass is 35.5. The monoisotopic (exact) mass is 414 g/mol. The number of nitro groups is 1. The average molecular weight is 415 g/mol. The van der Waals surface area contributed by atoms with Gasteiger partial charge in [0.05, 0.1) is 23.3 Å². The summed E-state index contributed by atoms with van der Waals surface area (Å²) in [5.74, 6) is -0.353. The Morgan fingerprint density at radius 3 is 2.41 bits per heavy atom. The maximum atomic E-state index is 12.4. The number of rotatable bonds is 5. The van der Waals surface area contributed by atoms with Crippen LogP contribution in [-0.4, -0.2) is 49.1 Å². The normalized spacial score (nSPS) is 15.4. The van der Waals surface area contributed by atoms with E-state index in [1.54, 1.807) is 30.3 Å². The maximum absolute atomic E-state index is 12.4. The average Bonchev–Trinajstić information content (AvgIpc) is 2.75. The lowest BCUT2D eigenvalue weighted by Gasteiger charge is -2.39. The number of piperazine rings is 1. The summed E-state index contributed by atoms with van der Waals surface area (Å²) >= 11 is 5.96. The summed E-state index contributed by atoms with van der Waals surface area (Å²) in [6.45, 7) is 2.25. The van der Waals surface area contributed by atoms with Crippen LogP contribution >= 0.6 is 11.6 Å². The van der Waals surface area contributed by atoms with Crippen molar-refractivity contribution >= 4 is 28.9 Å².